The molecule has 1 aliphatic rings. The molecule has 0 radical (unpaired) electrons. The maximum atomic E-state index is 12.7. The number of carbonyl (C=O) groups excluding carboxylic acids is 2. The minimum atomic E-state index is -0.451. The molecule has 0 bridgehead atoms. The van der Waals surface area contributed by atoms with Crippen LogP contribution >= 0.6 is 11.3 Å². The number of non-ortho nitro benzene ring substituents is 1. The normalized spacial score (nSPS) is 14.8. The second-order valence-corrected chi connectivity index (χ2v) is 9.35. The zero-order valence-electron chi connectivity index (χ0n) is 18.5. The zero-order chi connectivity index (χ0) is 23.5. The van der Waals surface area contributed by atoms with E-state index in [0.717, 1.165) is 11.3 Å². The number of amides is 2. The quantitative estimate of drug-likeness (QED) is 0.416. The van der Waals surface area contributed by atoms with Gasteiger partial charge in [0, 0.05) is 23.7 Å². The van der Waals surface area contributed by atoms with Gasteiger partial charge in [-0.2, -0.15) is 0 Å². The molecule has 10 heteroatoms. The second kappa shape index (κ2) is 9.63. The Balaban J connectivity index is 1.27. The number of nitrogens with zero attached hydrogens (tertiary/aromatic N) is 3. The van der Waals surface area contributed by atoms with Gasteiger partial charge < -0.3 is 10.6 Å². The molecular weight excluding hydrogens is 442 g/mol. The van der Waals surface area contributed by atoms with Crippen molar-refractivity contribution in [3.63, 3.8) is 0 Å². The fraction of sp³-hybridized carbons (Fsp3) is 0.348. The number of nitrogens with one attached hydrogen (secondary N) is 2. The number of carbonyl (C=O) groups is 2. The number of aryl methyl sites for hydroxylation is 2. The van der Waals surface area contributed by atoms with E-state index in [2.05, 4.69) is 20.5 Å². The first-order chi connectivity index (χ1) is 15.8. The average Bonchev–Trinajstić information content (AvgIpc) is 3.18. The van der Waals surface area contributed by atoms with Gasteiger partial charge in [-0.25, -0.2) is 4.98 Å². The first-order valence-electron chi connectivity index (χ1n) is 10.7. The molecule has 2 heterocycles. The molecule has 9 nitrogen and oxygen atoms in total. The van der Waals surface area contributed by atoms with E-state index in [1.54, 1.807) is 6.07 Å². The summed E-state index contributed by atoms with van der Waals surface area (Å²) in [7, 11) is 0. The molecule has 0 atom stereocenters. The van der Waals surface area contributed by atoms with E-state index in [1.807, 2.05) is 32.0 Å². The third-order valence-electron chi connectivity index (χ3n) is 5.93. The summed E-state index contributed by atoms with van der Waals surface area (Å²) < 4.78 is 0.657. The van der Waals surface area contributed by atoms with E-state index in [9.17, 15) is 19.7 Å². The highest BCUT2D eigenvalue weighted by Crippen LogP contribution is 2.30. The van der Waals surface area contributed by atoms with Crippen LogP contribution in [0.3, 0.4) is 0 Å². The van der Waals surface area contributed by atoms with Gasteiger partial charge in [0.1, 0.15) is 0 Å². The first-order valence-corrected chi connectivity index (χ1v) is 11.6. The standard InChI is InChI=1S/C23H25N5O4S/c1-14-3-4-17(11-15(14)2)24-21(29)13-27-9-7-16(8-10-27)22(30)26-23-25-19-6-5-18(28(31)32)12-20(19)33-23/h3-6,11-12,16H,7-10,13H2,1-2H3,(H,24,29)(H,25,26,30). The second-order valence-electron chi connectivity index (χ2n) is 8.32. The number of nitro benzene ring substituents is 1. The Bertz CT molecular complexity index is 1220. The minimum Gasteiger partial charge on any atom is -0.325 e. The molecule has 0 spiro atoms. The predicted octanol–water partition coefficient (Wildman–Crippen LogP) is 4.11. The molecule has 0 saturated carbocycles. The van der Waals surface area contributed by atoms with Crippen LogP contribution in [-0.4, -0.2) is 46.3 Å². The van der Waals surface area contributed by atoms with Crippen LogP contribution in [0.15, 0.2) is 36.4 Å². The Hall–Kier alpha value is -3.37. The summed E-state index contributed by atoms with van der Waals surface area (Å²) in [5.74, 6) is -0.335. The third-order valence-corrected chi connectivity index (χ3v) is 6.86. The number of hydrogen-bond donors (Lipinski definition) is 2. The van der Waals surface area contributed by atoms with E-state index in [4.69, 9.17) is 0 Å². The molecule has 4 rings (SSSR count). The molecule has 1 aromatic heterocycles. The number of thiazole rings is 1. The number of piperidine rings is 1. The highest BCUT2D eigenvalue weighted by Gasteiger charge is 2.26. The number of anilines is 2. The highest BCUT2D eigenvalue weighted by atomic mass is 32.1. The van der Waals surface area contributed by atoms with Crippen LogP contribution in [0, 0.1) is 29.9 Å². The lowest BCUT2D eigenvalue weighted by Crippen LogP contribution is -2.41. The zero-order valence-corrected chi connectivity index (χ0v) is 19.3. The van der Waals surface area contributed by atoms with Crippen molar-refractivity contribution in [3.8, 4) is 0 Å². The summed E-state index contributed by atoms with van der Waals surface area (Å²) in [5, 5.41) is 17.2. The van der Waals surface area contributed by atoms with Crippen molar-refractivity contribution in [1.82, 2.24) is 9.88 Å². The van der Waals surface area contributed by atoms with Gasteiger partial charge in [-0.3, -0.25) is 24.6 Å². The lowest BCUT2D eigenvalue weighted by Gasteiger charge is -2.30. The van der Waals surface area contributed by atoms with Gasteiger partial charge in [0.05, 0.1) is 21.7 Å². The van der Waals surface area contributed by atoms with Crippen molar-refractivity contribution < 1.29 is 14.5 Å². The number of fused-ring (bicyclic) bond motifs is 1. The summed E-state index contributed by atoms with van der Waals surface area (Å²) in [6.45, 7) is 5.65. The van der Waals surface area contributed by atoms with Crippen molar-refractivity contribution in [2.75, 3.05) is 30.3 Å². The van der Waals surface area contributed by atoms with Crippen LogP contribution in [-0.2, 0) is 9.59 Å². The smallest absolute Gasteiger partial charge is 0.270 e. The monoisotopic (exact) mass is 467 g/mol. The molecular formula is C23H25N5O4S. The van der Waals surface area contributed by atoms with Crippen molar-refractivity contribution in [2.24, 2.45) is 5.92 Å². The van der Waals surface area contributed by atoms with Crippen LogP contribution in [0.4, 0.5) is 16.5 Å². The van der Waals surface area contributed by atoms with Gasteiger partial charge in [-0.1, -0.05) is 17.4 Å². The van der Waals surface area contributed by atoms with Gasteiger partial charge in [-0.15, -0.1) is 0 Å². The Morgan fingerprint density at radius 3 is 2.58 bits per heavy atom. The molecule has 1 aliphatic heterocycles. The number of likely N-dealkylation sites (tertiary alicyclic amines) is 1. The summed E-state index contributed by atoms with van der Waals surface area (Å²) in [6, 6.07) is 10.3. The van der Waals surface area contributed by atoms with Crippen molar-refractivity contribution in [1.29, 1.82) is 0 Å². The van der Waals surface area contributed by atoms with Crippen LogP contribution < -0.4 is 10.6 Å². The number of nitro groups is 1. The van der Waals surface area contributed by atoms with E-state index in [-0.39, 0.29) is 30.0 Å². The average molecular weight is 468 g/mol. The van der Waals surface area contributed by atoms with Gasteiger partial charge >= 0.3 is 0 Å². The van der Waals surface area contributed by atoms with Crippen molar-refractivity contribution >= 4 is 49.9 Å². The molecule has 2 N–H and O–H groups in total. The molecule has 1 fully saturated rings. The van der Waals surface area contributed by atoms with Crippen LogP contribution in [0.1, 0.15) is 24.0 Å². The molecule has 33 heavy (non-hydrogen) atoms. The molecule has 172 valence electrons. The Morgan fingerprint density at radius 2 is 1.88 bits per heavy atom. The number of hydrogen-bond acceptors (Lipinski definition) is 7. The van der Waals surface area contributed by atoms with E-state index < -0.39 is 4.92 Å². The van der Waals surface area contributed by atoms with Crippen LogP contribution in [0.5, 0.6) is 0 Å². The molecule has 0 unspecified atom stereocenters. The van der Waals surface area contributed by atoms with Crippen molar-refractivity contribution in [3.05, 3.63) is 57.6 Å². The summed E-state index contributed by atoms with van der Waals surface area (Å²) in [4.78, 5) is 42.0. The highest BCUT2D eigenvalue weighted by molar-refractivity contribution is 7.22. The number of benzene rings is 2. The van der Waals surface area contributed by atoms with Gasteiger partial charge in [0.2, 0.25) is 11.8 Å². The lowest BCUT2D eigenvalue weighted by atomic mass is 9.96. The fourth-order valence-corrected chi connectivity index (χ4v) is 4.77. The van der Waals surface area contributed by atoms with Gasteiger partial charge in [-0.05, 0) is 69.1 Å². The van der Waals surface area contributed by atoms with Crippen LogP contribution in [0.2, 0.25) is 0 Å². The van der Waals surface area contributed by atoms with E-state index >= 15 is 0 Å². The lowest BCUT2D eigenvalue weighted by molar-refractivity contribution is -0.384. The molecule has 3 aromatic rings. The molecule has 0 aliphatic carbocycles. The Kier molecular flexibility index (Phi) is 6.66. The van der Waals surface area contributed by atoms with Crippen molar-refractivity contribution in [2.45, 2.75) is 26.7 Å². The van der Waals surface area contributed by atoms with Crippen LogP contribution in [0.25, 0.3) is 10.2 Å². The fourth-order valence-electron chi connectivity index (χ4n) is 3.86. The largest absolute Gasteiger partial charge is 0.325 e. The van der Waals surface area contributed by atoms with Gasteiger partial charge in [0.15, 0.2) is 5.13 Å². The number of aromatic nitrogens is 1. The number of rotatable bonds is 6. The Labute approximate surface area is 195 Å². The van der Waals surface area contributed by atoms with E-state index in [1.165, 1.54) is 29.0 Å². The topological polar surface area (TPSA) is 117 Å². The predicted molar refractivity (Wildman–Crippen MR) is 129 cm³/mol. The minimum absolute atomic E-state index is 0.00190. The first kappa shape index (κ1) is 22.8. The summed E-state index contributed by atoms with van der Waals surface area (Å²) >= 11 is 1.22. The molecule has 1 saturated heterocycles. The van der Waals surface area contributed by atoms with Gasteiger partial charge in [0.25, 0.3) is 5.69 Å². The Morgan fingerprint density at radius 1 is 1.12 bits per heavy atom. The maximum Gasteiger partial charge on any atom is 0.270 e. The summed E-state index contributed by atoms with van der Waals surface area (Å²) in [5.41, 5.74) is 3.72. The SMILES string of the molecule is Cc1ccc(NC(=O)CN2CCC(C(=O)Nc3nc4ccc([N+](=O)[O-])cc4s3)CC2)cc1C. The van der Waals surface area contributed by atoms with E-state index in [0.29, 0.717) is 41.3 Å². The molecule has 2 amide bonds. The maximum absolute atomic E-state index is 12.7. The summed E-state index contributed by atoms with van der Waals surface area (Å²) in [6.07, 6.45) is 1.30. The third kappa shape index (κ3) is 5.52. The molecule has 2 aromatic carbocycles.